The smallest absolute Gasteiger partial charge is 0.140 e. The van der Waals surface area contributed by atoms with Crippen LogP contribution in [0.25, 0.3) is 11.4 Å². The van der Waals surface area contributed by atoms with Gasteiger partial charge >= 0.3 is 0 Å². The van der Waals surface area contributed by atoms with Crippen molar-refractivity contribution in [1.82, 2.24) is 9.55 Å². The quantitative estimate of drug-likeness (QED) is 0.789. The van der Waals surface area contributed by atoms with Crippen molar-refractivity contribution < 1.29 is 4.39 Å². The van der Waals surface area contributed by atoms with Crippen molar-refractivity contribution >= 4 is 0 Å². The zero-order valence-electron chi connectivity index (χ0n) is 10.4. The summed E-state index contributed by atoms with van der Waals surface area (Å²) in [5, 5.41) is 0. The monoisotopic (exact) mass is 232 g/mol. The van der Waals surface area contributed by atoms with Gasteiger partial charge in [-0.1, -0.05) is 13.8 Å². The van der Waals surface area contributed by atoms with Gasteiger partial charge in [-0.15, -0.1) is 0 Å². The van der Waals surface area contributed by atoms with Crippen LogP contribution in [0.1, 0.15) is 19.5 Å². The molecule has 0 atom stereocenters. The van der Waals surface area contributed by atoms with Crippen LogP contribution in [0.5, 0.6) is 0 Å². The van der Waals surface area contributed by atoms with Crippen molar-refractivity contribution in [1.29, 1.82) is 0 Å². The standard InChI is InChI=1S/C14H17FN2/c1-10(2)8-17-9-11(3)16-14(17)12-4-6-13(15)7-5-12/h4-7,9-10H,8H2,1-3H3. The molecule has 17 heavy (non-hydrogen) atoms. The van der Waals surface area contributed by atoms with E-state index >= 15 is 0 Å². The molecule has 2 aromatic rings. The summed E-state index contributed by atoms with van der Waals surface area (Å²) in [6, 6.07) is 6.49. The summed E-state index contributed by atoms with van der Waals surface area (Å²) >= 11 is 0. The van der Waals surface area contributed by atoms with Crippen LogP contribution < -0.4 is 0 Å². The van der Waals surface area contributed by atoms with E-state index < -0.39 is 0 Å². The number of hydrogen-bond acceptors (Lipinski definition) is 1. The maximum absolute atomic E-state index is 12.9. The summed E-state index contributed by atoms with van der Waals surface area (Å²) < 4.78 is 15.0. The van der Waals surface area contributed by atoms with Crippen molar-refractivity contribution in [3.8, 4) is 11.4 Å². The summed E-state index contributed by atoms with van der Waals surface area (Å²) in [5.74, 6) is 1.26. The first-order chi connectivity index (χ1) is 8.06. The predicted molar refractivity (Wildman–Crippen MR) is 67.2 cm³/mol. The lowest BCUT2D eigenvalue weighted by molar-refractivity contribution is 0.526. The van der Waals surface area contributed by atoms with Gasteiger partial charge in [-0.2, -0.15) is 0 Å². The van der Waals surface area contributed by atoms with E-state index in [1.54, 1.807) is 12.1 Å². The highest BCUT2D eigenvalue weighted by atomic mass is 19.1. The fourth-order valence-electron chi connectivity index (χ4n) is 1.91. The Labute approximate surface area is 101 Å². The molecule has 0 aliphatic heterocycles. The normalized spacial score (nSPS) is 11.1. The van der Waals surface area contributed by atoms with Crippen LogP contribution in [0, 0.1) is 18.7 Å². The van der Waals surface area contributed by atoms with Gasteiger partial charge in [0, 0.05) is 18.3 Å². The SMILES string of the molecule is Cc1cn(CC(C)C)c(-c2ccc(F)cc2)n1. The van der Waals surface area contributed by atoms with Gasteiger partial charge in [-0.05, 0) is 37.1 Å². The minimum absolute atomic E-state index is 0.215. The lowest BCUT2D eigenvalue weighted by atomic mass is 10.2. The first-order valence-corrected chi connectivity index (χ1v) is 5.86. The van der Waals surface area contributed by atoms with Crippen LogP contribution in [0.2, 0.25) is 0 Å². The van der Waals surface area contributed by atoms with Crippen LogP contribution in [-0.4, -0.2) is 9.55 Å². The Hall–Kier alpha value is -1.64. The number of imidazole rings is 1. The molecule has 2 nitrogen and oxygen atoms in total. The molecule has 0 aliphatic carbocycles. The van der Waals surface area contributed by atoms with Crippen LogP contribution in [0.15, 0.2) is 30.5 Å². The fraction of sp³-hybridized carbons (Fsp3) is 0.357. The van der Waals surface area contributed by atoms with E-state index in [4.69, 9.17) is 0 Å². The number of aryl methyl sites for hydroxylation is 1. The molecule has 3 heteroatoms. The number of aromatic nitrogens is 2. The van der Waals surface area contributed by atoms with Gasteiger partial charge < -0.3 is 4.57 Å². The van der Waals surface area contributed by atoms with Crippen molar-refractivity contribution in [2.75, 3.05) is 0 Å². The van der Waals surface area contributed by atoms with E-state index in [-0.39, 0.29) is 5.82 Å². The minimum Gasteiger partial charge on any atom is -0.330 e. The second-order valence-electron chi connectivity index (χ2n) is 4.76. The molecular formula is C14H17FN2. The van der Waals surface area contributed by atoms with Gasteiger partial charge in [-0.25, -0.2) is 9.37 Å². The molecule has 1 aromatic heterocycles. The van der Waals surface area contributed by atoms with Gasteiger partial charge in [-0.3, -0.25) is 0 Å². The molecule has 0 spiro atoms. The lowest BCUT2D eigenvalue weighted by Crippen LogP contribution is -2.05. The second-order valence-corrected chi connectivity index (χ2v) is 4.76. The molecule has 1 heterocycles. The van der Waals surface area contributed by atoms with Crippen LogP contribution in [-0.2, 0) is 6.54 Å². The maximum atomic E-state index is 12.9. The number of halogens is 1. The molecule has 0 unspecified atom stereocenters. The van der Waals surface area contributed by atoms with E-state index in [0.717, 1.165) is 23.6 Å². The topological polar surface area (TPSA) is 17.8 Å². The van der Waals surface area contributed by atoms with Gasteiger partial charge in [0.2, 0.25) is 0 Å². The highest BCUT2D eigenvalue weighted by Crippen LogP contribution is 2.20. The van der Waals surface area contributed by atoms with Crippen molar-refractivity contribution in [3.05, 3.63) is 42.0 Å². The molecule has 0 fully saturated rings. The fourth-order valence-corrected chi connectivity index (χ4v) is 1.91. The summed E-state index contributed by atoms with van der Waals surface area (Å²) in [7, 11) is 0. The first-order valence-electron chi connectivity index (χ1n) is 5.86. The Morgan fingerprint density at radius 3 is 2.47 bits per heavy atom. The summed E-state index contributed by atoms with van der Waals surface area (Å²) in [6.45, 7) is 7.24. The molecule has 0 aliphatic rings. The van der Waals surface area contributed by atoms with Gasteiger partial charge in [0.15, 0.2) is 0 Å². The Kier molecular flexibility index (Phi) is 3.27. The van der Waals surface area contributed by atoms with E-state index in [1.165, 1.54) is 12.1 Å². The van der Waals surface area contributed by atoms with E-state index in [9.17, 15) is 4.39 Å². The molecule has 0 radical (unpaired) electrons. The Balaban J connectivity index is 2.40. The zero-order chi connectivity index (χ0) is 12.4. The third-order valence-electron chi connectivity index (χ3n) is 2.56. The number of benzene rings is 1. The lowest BCUT2D eigenvalue weighted by Gasteiger charge is -2.10. The molecule has 0 N–H and O–H groups in total. The summed E-state index contributed by atoms with van der Waals surface area (Å²) in [4.78, 5) is 4.50. The second kappa shape index (κ2) is 4.70. The number of nitrogens with zero attached hydrogens (tertiary/aromatic N) is 2. The number of rotatable bonds is 3. The number of hydrogen-bond donors (Lipinski definition) is 0. The molecule has 1 aromatic carbocycles. The maximum Gasteiger partial charge on any atom is 0.140 e. The average Bonchev–Trinajstić information content (AvgIpc) is 2.59. The van der Waals surface area contributed by atoms with Gasteiger partial charge in [0.1, 0.15) is 11.6 Å². The third kappa shape index (κ3) is 2.73. The molecule has 0 bridgehead atoms. The third-order valence-corrected chi connectivity index (χ3v) is 2.56. The van der Waals surface area contributed by atoms with E-state index in [1.807, 2.05) is 13.1 Å². The molecular weight excluding hydrogens is 215 g/mol. The van der Waals surface area contributed by atoms with E-state index in [0.29, 0.717) is 5.92 Å². The highest BCUT2D eigenvalue weighted by molar-refractivity contribution is 5.55. The van der Waals surface area contributed by atoms with Crippen LogP contribution in [0.4, 0.5) is 4.39 Å². The first kappa shape index (κ1) is 11.8. The Morgan fingerprint density at radius 2 is 1.88 bits per heavy atom. The van der Waals surface area contributed by atoms with Gasteiger partial charge in [0.05, 0.1) is 5.69 Å². The molecule has 0 saturated heterocycles. The molecule has 0 saturated carbocycles. The van der Waals surface area contributed by atoms with Crippen LogP contribution in [0.3, 0.4) is 0 Å². The highest BCUT2D eigenvalue weighted by Gasteiger charge is 2.09. The van der Waals surface area contributed by atoms with Crippen LogP contribution >= 0.6 is 0 Å². The van der Waals surface area contributed by atoms with Crippen molar-refractivity contribution in [2.24, 2.45) is 5.92 Å². The molecule has 0 amide bonds. The van der Waals surface area contributed by atoms with Crippen molar-refractivity contribution in [3.63, 3.8) is 0 Å². The largest absolute Gasteiger partial charge is 0.330 e. The Morgan fingerprint density at radius 1 is 1.24 bits per heavy atom. The zero-order valence-corrected chi connectivity index (χ0v) is 10.4. The van der Waals surface area contributed by atoms with Gasteiger partial charge in [0.25, 0.3) is 0 Å². The summed E-state index contributed by atoms with van der Waals surface area (Å²) in [6.07, 6.45) is 2.04. The predicted octanol–water partition coefficient (Wildman–Crippen LogP) is 3.65. The Bertz CT molecular complexity index is 497. The minimum atomic E-state index is -0.215. The molecule has 90 valence electrons. The average molecular weight is 232 g/mol. The molecule has 2 rings (SSSR count). The summed E-state index contributed by atoms with van der Waals surface area (Å²) in [5.41, 5.74) is 1.95. The van der Waals surface area contributed by atoms with Crippen molar-refractivity contribution in [2.45, 2.75) is 27.3 Å². The van der Waals surface area contributed by atoms with E-state index in [2.05, 4.69) is 23.4 Å².